The minimum absolute atomic E-state index is 0.00948. The molecule has 1 amide bonds. The average Bonchev–Trinajstić information content (AvgIpc) is 2.90. The molecule has 0 radical (unpaired) electrons. The van der Waals surface area contributed by atoms with Gasteiger partial charge in [-0.05, 0) is 20.8 Å². The van der Waals surface area contributed by atoms with Crippen molar-refractivity contribution in [2.45, 2.75) is 38.3 Å². The molecule has 1 heterocycles. The standard InChI is InChI=1S/C15H28BN5O6S/c1-5-6-11-9-21(10-15(11,17)12(22)27-16-18)28(24,25)20-8-7-19-13(23)26-14(2,3)4/h5,11,18,20H,1,6-10,17H2,2-4H3,(H,19,23)/t11-,15-/m0/s1. The summed E-state index contributed by atoms with van der Waals surface area (Å²) in [7, 11) is -3.49. The summed E-state index contributed by atoms with van der Waals surface area (Å²) in [4.78, 5) is 23.7. The first-order valence-electron chi connectivity index (χ1n) is 8.67. The molecule has 28 heavy (non-hydrogen) atoms. The first-order chi connectivity index (χ1) is 12.9. The van der Waals surface area contributed by atoms with Crippen molar-refractivity contribution in [3.05, 3.63) is 12.7 Å². The van der Waals surface area contributed by atoms with Gasteiger partial charge in [-0.15, -0.1) is 0 Å². The van der Waals surface area contributed by atoms with E-state index in [4.69, 9.17) is 15.8 Å². The summed E-state index contributed by atoms with van der Waals surface area (Å²) in [6.45, 7) is 8.37. The number of nitrogens with one attached hydrogen (secondary N) is 3. The quantitative estimate of drug-likeness (QED) is 0.223. The van der Waals surface area contributed by atoms with Gasteiger partial charge in [0, 0.05) is 0 Å². The number of carbonyl (C=O) groups excluding carboxylic acids is 2. The van der Waals surface area contributed by atoms with Gasteiger partial charge in [0.15, 0.2) is 0 Å². The maximum atomic E-state index is 12.5. The van der Waals surface area contributed by atoms with E-state index in [1.807, 2.05) is 0 Å². The first kappa shape index (κ1) is 24.2. The number of carbonyl (C=O) groups is 2. The molecule has 11 nitrogen and oxygen atoms in total. The Labute approximate surface area is 166 Å². The predicted molar refractivity (Wildman–Crippen MR) is 103 cm³/mol. The zero-order chi connectivity index (χ0) is 21.6. The van der Waals surface area contributed by atoms with E-state index < -0.39 is 39.3 Å². The molecular formula is C15H28BN5O6S. The van der Waals surface area contributed by atoms with Gasteiger partial charge in [0.25, 0.3) is 0 Å². The summed E-state index contributed by atoms with van der Waals surface area (Å²) in [5.41, 5.74) is 3.88. The molecule has 1 fully saturated rings. The van der Waals surface area contributed by atoms with Crippen LogP contribution in [0.4, 0.5) is 4.79 Å². The Balaban J connectivity index is 2.68. The topological polar surface area (TPSA) is 164 Å². The molecule has 1 aliphatic heterocycles. The van der Waals surface area contributed by atoms with E-state index in [9.17, 15) is 18.0 Å². The van der Waals surface area contributed by atoms with E-state index in [1.54, 1.807) is 20.8 Å². The number of hydrogen-bond donors (Lipinski definition) is 4. The predicted octanol–water partition coefficient (Wildman–Crippen LogP) is -0.524. The third-order valence-corrected chi connectivity index (χ3v) is 5.53. The molecule has 0 aromatic heterocycles. The summed E-state index contributed by atoms with van der Waals surface area (Å²) in [5, 5.41) is 9.33. The van der Waals surface area contributed by atoms with Gasteiger partial charge in [0.1, 0.15) is 5.60 Å². The van der Waals surface area contributed by atoms with Crippen molar-refractivity contribution in [2.75, 3.05) is 26.2 Å². The molecule has 0 unspecified atom stereocenters. The van der Waals surface area contributed by atoms with Gasteiger partial charge >= 0.3 is 139 Å². The summed E-state index contributed by atoms with van der Waals surface area (Å²) in [6.07, 6.45) is 1.18. The van der Waals surface area contributed by atoms with E-state index in [1.165, 1.54) is 6.08 Å². The van der Waals surface area contributed by atoms with Crippen molar-refractivity contribution >= 4 is 29.5 Å². The van der Waals surface area contributed by atoms with Crippen molar-refractivity contribution in [2.24, 2.45) is 11.7 Å². The van der Waals surface area contributed by atoms with Gasteiger partial charge in [-0.1, -0.05) is 0 Å². The van der Waals surface area contributed by atoms with Crippen LogP contribution in [0.1, 0.15) is 27.2 Å². The normalized spacial score (nSPS) is 22.9. The van der Waals surface area contributed by atoms with Crippen LogP contribution in [0.15, 0.2) is 12.7 Å². The van der Waals surface area contributed by atoms with Crippen LogP contribution in [0.3, 0.4) is 0 Å². The molecule has 0 saturated carbocycles. The van der Waals surface area contributed by atoms with Gasteiger partial charge in [0.2, 0.25) is 0 Å². The zero-order valence-corrected chi connectivity index (χ0v) is 17.2. The van der Waals surface area contributed by atoms with Crippen molar-refractivity contribution in [3.8, 4) is 0 Å². The van der Waals surface area contributed by atoms with Gasteiger partial charge in [-0.3, -0.25) is 0 Å². The molecule has 5 N–H and O–H groups in total. The second kappa shape index (κ2) is 9.59. The third kappa shape index (κ3) is 6.65. The Morgan fingerprint density at radius 1 is 1.43 bits per heavy atom. The molecule has 0 bridgehead atoms. The van der Waals surface area contributed by atoms with E-state index in [0.29, 0.717) is 13.7 Å². The zero-order valence-electron chi connectivity index (χ0n) is 16.4. The molecule has 0 aromatic rings. The number of alkyl carbamates (subject to hydrolysis) is 1. The number of allylic oxidation sites excluding steroid dienone is 1. The fourth-order valence-electron chi connectivity index (χ4n) is 2.71. The molecule has 2 atom stereocenters. The fraction of sp³-hybridized carbons (Fsp3) is 0.733. The Morgan fingerprint density at radius 3 is 2.61 bits per heavy atom. The first-order valence-corrected chi connectivity index (χ1v) is 10.1. The number of hydrogen-bond acceptors (Lipinski definition) is 8. The summed E-state index contributed by atoms with van der Waals surface area (Å²) in [5.74, 6) is -1.42. The van der Waals surface area contributed by atoms with Gasteiger partial charge < -0.3 is 0 Å². The van der Waals surface area contributed by atoms with E-state index in [2.05, 4.69) is 21.3 Å². The fourth-order valence-corrected chi connectivity index (χ4v) is 4.01. The number of ether oxygens (including phenoxy) is 1. The van der Waals surface area contributed by atoms with Crippen LogP contribution in [0, 0.1) is 11.2 Å². The van der Waals surface area contributed by atoms with E-state index in [0.717, 1.165) is 4.31 Å². The van der Waals surface area contributed by atoms with Crippen molar-refractivity contribution in [3.63, 3.8) is 0 Å². The number of nitrogens with two attached hydrogens (primary N) is 1. The Morgan fingerprint density at radius 2 is 2.07 bits per heavy atom. The monoisotopic (exact) mass is 417 g/mol. The Bertz CT molecular complexity index is 710. The van der Waals surface area contributed by atoms with E-state index in [-0.39, 0.29) is 26.2 Å². The van der Waals surface area contributed by atoms with Crippen LogP contribution in [0.2, 0.25) is 0 Å². The average molecular weight is 417 g/mol. The molecule has 1 aliphatic rings. The molecule has 0 aromatic carbocycles. The van der Waals surface area contributed by atoms with Crippen molar-refractivity contribution in [1.29, 1.82) is 5.31 Å². The Hall–Kier alpha value is -1.83. The van der Waals surface area contributed by atoms with Crippen LogP contribution in [-0.4, -0.2) is 69.4 Å². The van der Waals surface area contributed by atoms with Crippen LogP contribution in [-0.2, 0) is 24.4 Å². The number of amides is 1. The summed E-state index contributed by atoms with van der Waals surface area (Å²) < 4.78 is 38.0. The van der Waals surface area contributed by atoms with Gasteiger partial charge in [0.05, 0.1) is 0 Å². The second-order valence-electron chi connectivity index (χ2n) is 7.41. The number of rotatable bonds is 9. The van der Waals surface area contributed by atoms with Gasteiger partial charge in [-0.2, -0.15) is 0 Å². The molecular weight excluding hydrogens is 389 g/mol. The van der Waals surface area contributed by atoms with Crippen LogP contribution < -0.4 is 15.8 Å². The SMILES string of the molecule is C=CC[C@H]1CN(S(=O)(=O)NCCNC(=O)OC(C)(C)C)C[C@@]1(N)C(=O)OB=N. The molecule has 0 spiro atoms. The van der Waals surface area contributed by atoms with Crippen LogP contribution in [0.25, 0.3) is 0 Å². The molecule has 13 heteroatoms. The third-order valence-electron chi connectivity index (χ3n) is 4.01. The molecule has 1 saturated heterocycles. The second-order valence-corrected chi connectivity index (χ2v) is 9.16. The summed E-state index contributed by atoms with van der Waals surface area (Å²) >= 11 is 0. The van der Waals surface area contributed by atoms with Crippen LogP contribution >= 0.6 is 0 Å². The number of nitrogens with zero attached hydrogens (tertiary/aromatic N) is 1. The maximum absolute atomic E-state index is 12.5. The van der Waals surface area contributed by atoms with Gasteiger partial charge in [-0.25, -0.2) is 0 Å². The minimum atomic E-state index is -3.95. The Kier molecular flexibility index (Phi) is 8.29. The van der Waals surface area contributed by atoms with Crippen LogP contribution in [0.5, 0.6) is 0 Å². The molecule has 1 rings (SSSR count). The van der Waals surface area contributed by atoms with E-state index >= 15 is 0 Å². The summed E-state index contributed by atoms with van der Waals surface area (Å²) in [6, 6.07) is 0. The molecule has 158 valence electrons. The molecule has 0 aliphatic carbocycles. The van der Waals surface area contributed by atoms with Crippen molar-refractivity contribution in [1.82, 2.24) is 14.3 Å². The van der Waals surface area contributed by atoms with Crippen molar-refractivity contribution < 1.29 is 27.4 Å².